The maximum atomic E-state index is 11.9. The van der Waals surface area contributed by atoms with Crippen LogP contribution in [0, 0.1) is 27.7 Å². The number of aromatic nitrogens is 1. The van der Waals surface area contributed by atoms with Crippen LogP contribution in [-0.2, 0) is 0 Å². The van der Waals surface area contributed by atoms with Crippen molar-refractivity contribution in [3.63, 3.8) is 0 Å². The van der Waals surface area contributed by atoms with E-state index >= 15 is 0 Å². The first kappa shape index (κ1) is 15.2. The van der Waals surface area contributed by atoms with Gasteiger partial charge in [0.1, 0.15) is 0 Å². The molecular weight excluding hydrogens is 286 g/mol. The number of carboxylic acids is 1. The van der Waals surface area contributed by atoms with Crippen LogP contribution in [0.2, 0.25) is 0 Å². The van der Waals surface area contributed by atoms with E-state index in [2.05, 4.69) is 12.1 Å². The van der Waals surface area contributed by atoms with Gasteiger partial charge in [-0.1, -0.05) is 29.3 Å². The first-order valence-corrected chi connectivity index (χ1v) is 7.60. The minimum absolute atomic E-state index is 0.342. The Morgan fingerprint density at radius 2 is 1.61 bits per heavy atom. The van der Waals surface area contributed by atoms with E-state index in [4.69, 9.17) is 4.98 Å². The highest BCUT2D eigenvalue weighted by atomic mass is 16.4. The summed E-state index contributed by atoms with van der Waals surface area (Å²) in [5.74, 6) is -0.910. The maximum absolute atomic E-state index is 11.9. The molecule has 0 fully saturated rings. The lowest BCUT2D eigenvalue weighted by Crippen LogP contribution is -2.05. The fourth-order valence-electron chi connectivity index (χ4n) is 3.00. The molecule has 1 aromatic heterocycles. The molecule has 0 spiro atoms. The van der Waals surface area contributed by atoms with E-state index in [0.717, 1.165) is 33.5 Å². The smallest absolute Gasteiger partial charge is 0.336 e. The van der Waals surface area contributed by atoms with Gasteiger partial charge in [-0.05, 0) is 57.0 Å². The van der Waals surface area contributed by atoms with Crippen LogP contribution in [0.5, 0.6) is 0 Å². The molecule has 2 aromatic carbocycles. The van der Waals surface area contributed by atoms with Crippen LogP contribution in [0.4, 0.5) is 0 Å². The van der Waals surface area contributed by atoms with Crippen molar-refractivity contribution in [3.05, 3.63) is 64.2 Å². The van der Waals surface area contributed by atoms with E-state index in [0.29, 0.717) is 16.5 Å². The number of fused-ring (bicyclic) bond motifs is 1. The second-order valence-electron chi connectivity index (χ2n) is 6.10. The van der Waals surface area contributed by atoms with Crippen LogP contribution in [0.3, 0.4) is 0 Å². The Balaban J connectivity index is 2.43. The highest BCUT2D eigenvalue weighted by Gasteiger charge is 2.19. The zero-order chi connectivity index (χ0) is 16.7. The molecule has 0 aliphatic rings. The van der Waals surface area contributed by atoms with Gasteiger partial charge in [0.15, 0.2) is 0 Å². The summed E-state index contributed by atoms with van der Waals surface area (Å²) in [6.07, 6.45) is 0. The van der Waals surface area contributed by atoms with Gasteiger partial charge >= 0.3 is 5.97 Å². The molecule has 3 rings (SSSR count). The Kier molecular flexibility index (Phi) is 3.64. The van der Waals surface area contributed by atoms with Crippen LogP contribution in [0.1, 0.15) is 32.6 Å². The van der Waals surface area contributed by atoms with Crippen LogP contribution >= 0.6 is 0 Å². The molecule has 1 heterocycles. The monoisotopic (exact) mass is 305 g/mol. The van der Waals surface area contributed by atoms with Crippen LogP contribution in [-0.4, -0.2) is 16.1 Å². The van der Waals surface area contributed by atoms with Gasteiger partial charge in [0.25, 0.3) is 0 Å². The molecule has 1 N–H and O–H groups in total. The Morgan fingerprint density at radius 3 is 2.30 bits per heavy atom. The minimum Gasteiger partial charge on any atom is -0.478 e. The third-order valence-corrected chi connectivity index (χ3v) is 4.25. The summed E-state index contributed by atoms with van der Waals surface area (Å²) < 4.78 is 0. The van der Waals surface area contributed by atoms with Crippen molar-refractivity contribution < 1.29 is 9.90 Å². The molecule has 0 unspecified atom stereocenters. The Morgan fingerprint density at radius 1 is 0.957 bits per heavy atom. The molecule has 23 heavy (non-hydrogen) atoms. The highest BCUT2D eigenvalue weighted by Crippen LogP contribution is 2.32. The molecule has 0 radical (unpaired) electrons. The molecule has 0 aliphatic heterocycles. The summed E-state index contributed by atoms with van der Waals surface area (Å²) in [4.78, 5) is 16.6. The van der Waals surface area contributed by atoms with Gasteiger partial charge in [-0.2, -0.15) is 0 Å². The number of aromatic carboxylic acids is 1. The molecule has 0 amide bonds. The summed E-state index contributed by atoms with van der Waals surface area (Å²) in [5.41, 5.74) is 6.77. The topological polar surface area (TPSA) is 50.2 Å². The maximum Gasteiger partial charge on any atom is 0.336 e. The van der Waals surface area contributed by atoms with Crippen molar-refractivity contribution in [2.45, 2.75) is 27.7 Å². The van der Waals surface area contributed by atoms with Gasteiger partial charge in [-0.15, -0.1) is 0 Å². The molecule has 3 nitrogen and oxygen atoms in total. The van der Waals surface area contributed by atoms with Crippen molar-refractivity contribution in [2.24, 2.45) is 0 Å². The summed E-state index contributed by atoms with van der Waals surface area (Å²) in [6.45, 7) is 7.85. The molecule has 0 aliphatic carbocycles. The molecule has 116 valence electrons. The van der Waals surface area contributed by atoms with Crippen molar-refractivity contribution in [3.8, 4) is 11.3 Å². The zero-order valence-corrected chi connectivity index (χ0v) is 13.8. The summed E-state index contributed by atoms with van der Waals surface area (Å²) in [7, 11) is 0. The minimum atomic E-state index is -0.910. The van der Waals surface area contributed by atoms with E-state index < -0.39 is 5.97 Å². The third kappa shape index (κ3) is 2.59. The Bertz CT molecular complexity index is 942. The summed E-state index contributed by atoms with van der Waals surface area (Å²) >= 11 is 0. The van der Waals surface area contributed by atoms with Gasteiger partial charge in [-0.3, -0.25) is 0 Å². The van der Waals surface area contributed by atoms with E-state index in [1.165, 1.54) is 0 Å². The number of pyridine rings is 1. The third-order valence-electron chi connectivity index (χ3n) is 4.25. The Hall–Kier alpha value is -2.68. The molecule has 0 saturated heterocycles. The number of hydrogen-bond donors (Lipinski definition) is 1. The number of carbonyl (C=O) groups is 1. The number of carboxylic acid groups (broad SMARTS) is 1. The van der Waals surface area contributed by atoms with Crippen LogP contribution in [0.15, 0.2) is 36.4 Å². The first-order valence-electron chi connectivity index (χ1n) is 7.60. The number of benzene rings is 2. The van der Waals surface area contributed by atoms with Crippen molar-refractivity contribution >= 4 is 16.9 Å². The van der Waals surface area contributed by atoms with E-state index in [9.17, 15) is 9.90 Å². The van der Waals surface area contributed by atoms with Gasteiger partial charge in [0.2, 0.25) is 0 Å². The first-order chi connectivity index (χ1) is 10.9. The quantitative estimate of drug-likeness (QED) is 0.737. The van der Waals surface area contributed by atoms with E-state index in [-0.39, 0.29) is 0 Å². The van der Waals surface area contributed by atoms with E-state index in [1.54, 1.807) is 0 Å². The SMILES string of the molecule is Cc1ccc(C)c(-c2nc3ccc(C)cc3c(C(=O)O)c2C)c1. The zero-order valence-electron chi connectivity index (χ0n) is 13.8. The number of rotatable bonds is 2. The predicted molar refractivity (Wildman–Crippen MR) is 93.1 cm³/mol. The lowest BCUT2D eigenvalue weighted by molar-refractivity contribution is 0.0698. The molecule has 0 atom stereocenters. The standard InChI is InChI=1S/C20H19NO2/c1-11-5-7-13(3)15(9-11)19-14(4)18(20(22)23)16-10-12(2)6-8-17(16)21-19/h5-10H,1-4H3,(H,22,23). The largest absolute Gasteiger partial charge is 0.478 e. The number of nitrogens with zero attached hydrogens (tertiary/aromatic N) is 1. The second-order valence-corrected chi connectivity index (χ2v) is 6.10. The lowest BCUT2D eigenvalue weighted by atomic mass is 9.94. The van der Waals surface area contributed by atoms with Gasteiger partial charge < -0.3 is 5.11 Å². The Labute approximate surface area is 135 Å². The normalized spacial score (nSPS) is 11.0. The molecule has 0 bridgehead atoms. The fourth-order valence-corrected chi connectivity index (χ4v) is 3.00. The fraction of sp³-hybridized carbons (Fsp3) is 0.200. The van der Waals surface area contributed by atoms with Crippen molar-refractivity contribution in [1.29, 1.82) is 0 Å². The molecule has 0 saturated carbocycles. The van der Waals surface area contributed by atoms with Crippen molar-refractivity contribution in [1.82, 2.24) is 4.98 Å². The predicted octanol–water partition coefficient (Wildman–Crippen LogP) is 4.83. The average Bonchev–Trinajstić information content (AvgIpc) is 2.49. The van der Waals surface area contributed by atoms with E-state index in [1.807, 2.05) is 52.0 Å². The van der Waals surface area contributed by atoms with Gasteiger partial charge in [-0.25, -0.2) is 9.78 Å². The van der Waals surface area contributed by atoms with Crippen LogP contribution < -0.4 is 0 Å². The van der Waals surface area contributed by atoms with Gasteiger partial charge in [0.05, 0.1) is 16.8 Å². The summed E-state index contributed by atoms with van der Waals surface area (Å²) in [6, 6.07) is 11.9. The van der Waals surface area contributed by atoms with Crippen molar-refractivity contribution in [2.75, 3.05) is 0 Å². The molecule has 3 heteroatoms. The molecular formula is C20H19NO2. The second kappa shape index (κ2) is 5.51. The van der Waals surface area contributed by atoms with Gasteiger partial charge in [0, 0.05) is 10.9 Å². The number of hydrogen-bond acceptors (Lipinski definition) is 2. The lowest BCUT2D eigenvalue weighted by Gasteiger charge is -2.14. The highest BCUT2D eigenvalue weighted by molar-refractivity contribution is 6.05. The number of aryl methyl sites for hydroxylation is 3. The molecule has 3 aromatic rings. The van der Waals surface area contributed by atoms with Crippen LogP contribution in [0.25, 0.3) is 22.2 Å². The summed E-state index contributed by atoms with van der Waals surface area (Å²) in [5, 5.41) is 10.4. The average molecular weight is 305 g/mol.